The van der Waals surface area contributed by atoms with Crippen molar-refractivity contribution in [2.45, 2.75) is 74.5 Å². The summed E-state index contributed by atoms with van der Waals surface area (Å²) in [7, 11) is -13.3. The van der Waals surface area contributed by atoms with Crippen LogP contribution < -0.4 is 5.32 Å². The van der Waals surface area contributed by atoms with E-state index in [-0.39, 0.29) is 18.7 Å². The molecule has 6 nitrogen and oxygen atoms in total. The predicted octanol–water partition coefficient (Wildman–Crippen LogP) is 3.29. The number of halogens is 6. The Kier molecular flexibility index (Phi) is 7.38. The summed E-state index contributed by atoms with van der Waals surface area (Å²) in [5.41, 5.74) is -13.1. The molecule has 1 saturated carbocycles. The van der Waals surface area contributed by atoms with Crippen LogP contribution >= 0.6 is 0 Å². The largest absolute Gasteiger partial charge is 0.498 e. The van der Waals surface area contributed by atoms with Crippen LogP contribution in [0.15, 0.2) is 0 Å². The average Bonchev–Trinajstić information content (AvgIpc) is 2.54. The first-order chi connectivity index (χ1) is 12.8. The molecule has 0 heterocycles. The van der Waals surface area contributed by atoms with Gasteiger partial charge in [0.2, 0.25) is 5.91 Å². The molecule has 0 spiro atoms. The third kappa shape index (κ3) is 5.36. The van der Waals surface area contributed by atoms with Crippen molar-refractivity contribution in [2.75, 3.05) is 0 Å². The van der Waals surface area contributed by atoms with Crippen LogP contribution in [0.2, 0.25) is 0 Å². The van der Waals surface area contributed by atoms with E-state index >= 15 is 0 Å². The van der Waals surface area contributed by atoms with Gasteiger partial charge < -0.3 is 5.32 Å². The van der Waals surface area contributed by atoms with Crippen LogP contribution in [-0.2, 0) is 24.5 Å². The maximum absolute atomic E-state index is 12.9. The molecule has 172 valence electrons. The zero-order chi connectivity index (χ0) is 23.1. The molecule has 0 aromatic heterocycles. The van der Waals surface area contributed by atoms with Crippen molar-refractivity contribution in [3.63, 3.8) is 0 Å². The molecular weight excluding hydrogens is 452 g/mol. The van der Waals surface area contributed by atoms with E-state index in [9.17, 15) is 48.0 Å². The standard InChI is InChI=1S/C15H23F6NO5S2/c1-4-13(2,3)12(23)22-10-7-5-9(6-8-10)11(28(24,25)14(16,17)18)29(26,27)15(19,20)21/h9-11H,4-8H2,1-3H3,(H,22,23). The highest BCUT2D eigenvalue weighted by molar-refractivity contribution is 8.09. The van der Waals surface area contributed by atoms with Crippen molar-refractivity contribution >= 4 is 25.6 Å². The fourth-order valence-corrected chi connectivity index (χ4v) is 7.09. The van der Waals surface area contributed by atoms with E-state index < -0.39 is 65.5 Å². The fourth-order valence-electron chi connectivity index (χ4n) is 3.01. The monoisotopic (exact) mass is 475 g/mol. The van der Waals surface area contributed by atoms with Crippen LogP contribution in [0.25, 0.3) is 0 Å². The zero-order valence-corrected chi connectivity index (χ0v) is 17.5. The van der Waals surface area contributed by atoms with Gasteiger partial charge in [0.1, 0.15) is 0 Å². The first-order valence-corrected chi connectivity index (χ1v) is 11.8. The number of rotatable bonds is 6. The predicted molar refractivity (Wildman–Crippen MR) is 91.7 cm³/mol. The summed E-state index contributed by atoms with van der Waals surface area (Å²) in [6, 6.07) is -0.604. The van der Waals surface area contributed by atoms with Gasteiger partial charge in [-0.1, -0.05) is 20.8 Å². The Labute approximate surface area is 165 Å². The van der Waals surface area contributed by atoms with Crippen molar-refractivity contribution in [1.29, 1.82) is 0 Å². The molecule has 1 rings (SSSR count). The minimum absolute atomic E-state index is 0.145. The molecule has 0 aromatic rings. The van der Waals surface area contributed by atoms with Gasteiger partial charge in [0.25, 0.3) is 19.7 Å². The third-order valence-corrected chi connectivity index (χ3v) is 10.1. The molecule has 1 aliphatic carbocycles. The normalized spacial score (nSPS) is 22.6. The summed E-state index contributed by atoms with van der Waals surface area (Å²) >= 11 is 0. The highest BCUT2D eigenvalue weighted by Crippen LogP contribution is 2.43. The molecule has 0 aromatic carbocycles. The highest BCUT2D eigenvalue weighted by Gasteiger charge is 2.65. The number of carbonyl (C=O) groups excluding carboxylic acids is 1. The summed E-state index contributed by atoms with van der Waals surface area (Å²) in [6.07, 6.45) is -0.885. The minimum Gasteiger partial charge on any atom is -0.353 e. The number of hydrogen-bond donors (Lipinski definition) is 1. The van der Waals surface area contributed by atoms with E-state index in [2.05, 4.69) is 5.32 Å². The number of sulfone groups is 2. The van der Waals surface area contributed by atoms with Gasteiger partial charge in [-0.2, -0.15) is 26.3 Å². The Hall–Kier alpha value is -1.05. The lowest BCUT2D eigenvalue weighted by molar-refractivity contribution is -0.130. The van der Waals surface area contributed by atoms with Crippen molar-refractivity contribution in [1.82, 2.24) is 5.32 Å². The maximum Gasteiger partial charge on any atom is 0.498 e. The molecule has 0 bridgehead atoms. The number of hydrogen-bond acceptors (Lipinski definition) is 5. The summed E-state index contributed by atoms with van der Waals surface area (Å²) in [5.74, 6) is -2.27. The van der Waals surface area contributed by atoms with Gasteiger partial charge in [-0.15, -0.1) is 0 Å². The SMILES string of the molecule is CCC(C)(C)C(=O)NC1CCC(C(S(=O)(=O)C(F)(F)F)S(=O)(=O)C(F)(F)F)CC1. The van der Waals surface area contributed by atoms with Crippen molar-refractivity contribution in [3.05, 3.63) is 0 Å². The Morgan fingerprint density at radius 2 is 1.28 bits per heavy atom. The van der Waals surface area contributed by atoms with Crippen LogP contribution in [0.3, 0.4) is 0 Å². The Morgan fingerprint density at radius 3 is 1.59 bits per heavy atom. The quantitative estimate of drug-likeness (QED) is 0.595. The number of alkyl halides is 6. The molecule has 1 fully saturated rings. The Bertz CT molecular complexity index is 765. The second kappa shape index (κ2) is 8.23. The van der Waals surface area contributed by atoms with Gasteiger partial charge in [-0.25, -0.2) is 16.8 Å². The van der Waals surface area contributed by atoms with Gasteiger partial charge in [-0.05, 0) is 38.0 Å². The van der Waals surface area contributed by atoms with Crippen LogP contribution in [0.1, 0.15) is 52.9 Å². The third-order valence-electron chi connectivity index (χ3n) is 5.25. The topological polar surface area (TPSA) is 97.4 Å². The second-order valence-corrected chi connectivity index (χ2v) is 12.1. The molecule has 1 amide bonds. The van der Waals surface area contributed by atoms with Crippen LogP contribution in [0.4, 0.5) is 26.3 Å². The number of amides is 1. The molecule has 0 saturated heterocycles. The number of nitrogens with one attached hydrogen (secondary N) is 1. The smallest absolute Gasteiger partial charge is 0.353 e. The van der Waals surface area contributed by atoms with Crippen molar-refractivity contribution < 1.29 is 48.0 Å². The molecule has 0 unspecified atom stereocenters. The molecule has 29 heavy (non-hydrogen) atoms. The zero-order valence-electron chi connectivity index (χ0n) is 15.9. The van der Waals surface area contributed by atoms with E-state index in [1.807, 2.05) is 0 Å². The van der Waals surface area contributed by atoms with E-state index in [0.29, 0.717) is 6.42 Å². The number of carbonyl (C=O) groups is 1. The van der Waals surface area contributed by atoms with Gasteiger partial charge >= 0.3 is 11.0 Å². The van der Waals surface area contributed by atoms with Crippen LogP contribution in [0, 0.1) is 11.3 Å². The lowest BCUT2D eigenvalue weighted by Crippen LogP contribution is -2.51. The van der Waals surface area contributed by atoms with E-state index in [4.69, 9.17) is 0 Å². The van der Waals surface area contributed by atoms with Crippen LogP contribution in [-0.4, -0.2) is 44.4 Å². The van der Waals surface area contributed by atoms with Crippen molar-refractivity contribution in [2.24, 2.45) is 11.3 Å². The summed E-state index contributed by atoms with van der Waals surface area (Å²) in [5, 5.41) is 2.63. The fraction of sp³-hybridized carbons (Fsp3) is 0.933. The summed E-state index contributed by atoms with van der Waals surface area (Å²) in [4.78, 5) is 12.2. The summed E-state index contributed by atoms with van der Waals surface area (Å²) in [6.45, 7) is 5.05. The Balaban J connectivity index is 3.14. The summed E-state index contributed by atoms with van der Waals surface area (Å²) < 4.78 is 121. The van der Waals surface area contributed by atoms with Crippen LogP contribution in [0.5, 0.6) is 0 Å². The van der Waals surface area contributed by atoms with E-state index in [1.165, 1.54) is 0 Å². The maximum atomic E-state index is 12.9. The average molecular weight is 475 g/mol. The minimum atomic E-state index is -6.64. The first kappa shape index (κ1) is 26.0. The van der Waals surface area contributed by atoms with Gasteiger partial charge in [0.15, 0.2) is 4.58 Å². The lowest BCUT2D eigenvalue weighted by atomic mass is 9.85. The van der Waals surface area contributed by atoms with Gasteiger partial charge in [0, 0.05) is 11.5 Å². The van der Waals surface area contributed by atoms with E-state index in [1.54, 1.807) is 20.8 Å². The molecule has 14 heteroatoms. The first-order valence-electron chi connectivity index (χ1n) is 8.70. The lowest BCUT2D eigenvalue weighted by Gasteiger charge is -2.35. The van der Waals surface area contributed by atoms with Gasteiger partial charge in [-0.3, -0.25) is 4.79 Å². The van der Waals surface area contributed by atoms with Crippen molar-refractivity contribution in [3.8, 4) is 0 Å². The highest BCUT2D eigenvalue weighted by atomic mass is 32.3. The molecule has 0 aliphatic heterocycles. The van der Waals surface area contributed by atoms with E-state index in [0.717, 1.165) is 0 Å². The second-order valence-electron chi connectivity index (χ2n) is 7.67. The molecule has 1 N–H and O–H groups in total. The Morgan fingerprint density at radius 1 is 0.897 bits per heavy atom. The van der Waals surface area contributed by atoms with Gasteiger partial charge in [0.05, 0.1) is 0 Å². The molecule has 1 aliphatic rings. The molecule has 0 radical (unpaired) electrons. The molecular formula is C15H23F6NO5S2. The molecule has 0 atom stereocenters.